The van der Waals surface area contributed by atoms with Gasteiger partial charge in [0.15, 0.2) is 0 Å². The van der Waals surface area contributed by atoms with Crippen molar-refractivity contribution >= 4 is 0 Å². The first kappa shape index (κ1) is 42.3. The number of hydrogen-bond donors (Lipinski definition) is 6. The molecule has 24 aliphatic carbocycles. The molecule has 0 aromatic carbocycles. The van der Waals surface area contributed by atoms with Gasteiger partial charge in [0.25, 0.3) is 0 Å². The summed E-state index contributed by atoms with van der Waals surface area (Å²) in [6.07, 6.45) is 44.2. The van der Waals surface area contributed by atoms with Gasteiger partial charge in [-0.2, -0.15) is 0 Å². The van der Waals surface area contributed by atoms with Crippen LogP contribution in [0.4, 0.5) is 0 Å². The maximum Gasteiger partial charge on any atom is 0.0658 e. The lowest BCUT2D eigenvalue weighted by Gasteiger charge is -2.72. The Morgan fingerprint density at radius 2 is 0.273 bits per heavy atom. The predicted molar refractivity (Wildman–Crippen MR) is 252 cm³/mol. The van der Waals surface area contributed by atoms with Gasteiger partial charge >= 0.3 is 0 Å². The molecular formula is C60H90O6. The molecule has 0 aromatic rings. The zero-order valence-electron chi connectivity index (χ0n) is 41.1. The highest BCUT2D eigenvalue weighted by Crippen LogP contribution is 2.79. The maximum absolute atomic E-state index is 11.2. The third-order valence-corrected chi connectivity index (χ3v) is 27.6. The van der Waals surface area contributed by atoms with E-state index in [2.05, 4.69) is 0 Å². The van der Waals surface area contributed by atoms with E-state index in [0.717, 1.165) is 187 Å². The molecule has 0 spiro atoms. The summed E-state index contributed by atoms with van der Waals surface area (Å²) in [5.41, 5.74) is 0.295. The first-order chi connectivity index (χ1) is 31.2. The van der Waals surface area contributed by atoms with Gasteiger partial charge in [0.2, 0.25) is 0 Å². The van der Waals surface area contributed by atoms with E-state index in [4.69, 9.17) is 0 Å². The van der Waals surface area contributed by atoms with E-state index in [1.54, 1.807) is 0 Å². The summed E-state index contributed by atoms with van der Waals surface area (Å²) in [5.74, 6) is 9.43. The topological polar surface area (TPSA) is 121 Å². The molecule has 24 rings (SSSR count). The minimum absolute atomic E-state index is 0.337. The van der Waals surface area contributed by atoms with Crippen LogP contribution in [0.2, 0.25) is 0 Å². The zero-order valence-corrected chi connectivity index (χ0v) is 41.1. The van der Waals surface area contributed by atoms with E-state index >= 15 is 0 Å². The highest BCUT2D eigenvalue weighted by molar-refractivity contribution is 5.24. The van der Waals surface area contributed by atoms with Gasteiger partial charge < -0.3 is 30.6 Å². The van der Waals surface area contributed by atoms with Crippen LogP contribution < -0.4 is 0 Å². The van der Waals surface area contributed by atoms with Crippen LogP contribution in [0, 0.1) is 104 Å². The zero-order chi connectivity index (χ0) is 44.4. The van der Waals surface area contributed by atoms with Crippen molar-refractivity contribution in [3.05, 3.63) is 0 Å². The quantitative estimate of drug-likeness (QED) is 0.168. The van der Waals surface area contributed by atoms with Crippen LogP contribution in [0.5, 0.6) is 0 Å². The average Bonchev–Trinajstić information content (AvgIpc) is 3.13. The molecule has 0 amide bonds. The molecule has 24 aliphatic rings. The Labute approximate surface area is 397 Å². The molecule has 12 unspecified atom stereocenters. The van der Waals surface area contributed by atoms with Gasteiger partial charge in [0, 0.05) is 0 Å². The normalized spacial score (nSPS) is 67.9. The van der Waals surface area contributed by atoms with Crippen LogP contribution in [0.15, 0.2) is 0 Å². The summed E-state index contributed by atoms with van der Waals surface area (Å²) < 4.78 is 0. The minimum Gasteiger partial charge on any atom is -0.390 e. The van der Waals surface area contributed by atoms with Gasteiger partial charge in [-0.1, -0.05) is 0 Å². The molecule has 0 radical (unpaired) electrons. The van der Waals surface area contributed by atoms with Gasteiger partial charge in [-0.3, -0.25) is 0 Å². The van der Waals surface area contributed by atoms with Crippen LogP contribution in [0.25, 0.3) is 0 Å². The fourth-order valence-corrected chi connectivity index (χ4v) is 29.0. The molecule has 24 bridgehead atoms. The van der Waals surface area contributed by atoms with Crippen molar-refractivity contribution < 1.29 is 30.6 Å². The number of rotatable bonds is 3. The van der Waals surface area contributed by atoms with Gasteiger partial charge in [0.1, 0.15) is 0 Å². The van der Waals surface area contributed by atoms with Crippen molar-refractivity contribution in [1.82, 2.24) is 0 Å². The van der Waals surface area contributed by atoms with E-state index < -0.39 is 0 Å². The number of aliphatic hydroxyl groups is 6. The summed E-state index contributed by atoms with van der Waals surface area (Å²) in [6, 6.07) is 0. The van der Waals surface area contributed by atoms with Gasteiger partial charge in [-0.15, -0.1) is 0 Å². The van der Waals surface area contributed by atoms with Gasteiger partial charge in [-0.25, -0.2) is 0 Å². The first-order valence-electron chi connectivity index (χ1n) is 29.5. The fourth-order valence-electron chi connectivity index (χ4n) is 29.0. The Bertz CT molecular complexity index is 1610. The lowest BCUT2D eigenvalue weighted by molar-refractivity contribution is -0.265. The molecule has 66 heavy (non-hydrogen) atoms. The standard InChI is InChI=1S/3C20H30O2/c3*21-19-7-13-1-14(8-19)4-17(3-13,11-19)18-5-15-2-16(6-18)10-20(22,9-15)12-18/h3*13-16,21-22H,1-12H2/t3*13-,14+,15-,16+,17?,18?,19?,20?. The maximum atomic E-state index is 11.2. The van der Waals surface area contributed by atoms with Crippen molar-refractivity contribution in [1.29, 1.82) is 0 Å². The lowest BCUT2D eigenvalue weighted by atomic mass is 9.34. The second kappa shape index (κ2) is 12.7. The Hall–Kier alpha value is -0.240. The molecule has 366 valence electrons. The van der Waals surface area contributed by atoms with Gasteiger partial charge in [-0.05, 0) is 335 Å². The molecule has 24 saturated carbocycles. The van der Waals surface area contributed by atoms with E-state index in [0.29, 0.717) is 32.5 Å². The van der Waals surface area contributed by atoms with Crippen molar-refractivity contribution in [2.24, 2.45) is 104 Å². The van der Waals surface area contributed by atoms with Crippen LogP contribution in [0.1, 0.15) is 231 Å². The summed E-state index contributed by atoms with van der Waals surface area (Å²) >= 11 is 0. The van der Waals surface area contributed by atoms with E-state index in [9.17, 15) is 30.6 Å². The highest BCUT2D eigenvalue weighted by atomic mass is 16.3. The summed E-state index contributed by atoms with van der Waals surface area (Å²) in [6.45, 7) is 0. The number of hydrogen-bond acceptors (Lipinski definition) is 6. The van der Waals surface area contributed by atoms with Crippen LogP contribution in [0.3, 0.4) is 0 Å². The highest BCUT2D eigenvalue weighted by Gasteiger charge is 2.73. The van der Waals surface area contributed by atoms with Crippen LogP contribution in [-0.2, 0) is 0 Å². The molecule has 24 fully saturated rings. The van der Waals surface area contributed by atoms with Crippen molar-refractivity contribution in [3.63, 3.8) is 0 Å². The average molecular weight is 907 g/mol. The molecular weight excluding hydrogens is 817 g/mol. The smallest absolute Gasteiger partial charge is 0.0658 e. The third kappa shape index (κ3) is 5.87. The van der Waals surface area contributed by atoms with E-state index in [1.807, 2.05) is 0 Å². The third-order valence-electron chi connectivity index (χ3n) is 27.6. The second-order valence-electron chi connectivity index (χ2n) is 32.8. The molecule has 6 nitrogen and oxygen atoms in total. The molecule has 0 aliphatic heterocycles. The molecule has 24 atom stereocenters. The monoisotopic (exact) mass is 907 g/mol. The van der Waals surface area contributed by atoms with Crippen molar-refractivity contribution in [2.45, 2.75) is 265 Å². The summed E-state index contributed by atoms with van der Waals surface area (Å²) in [5, 5.41) is 67.0. The molecule has 6 N–H and O–H groups in total. The van der Waals surface area contributed by atoms with Crippen molar-refractivity contribution in [3.8, 4) is 0 Å². The Balaban J connectivity index is 0.0000000877. The van der Waals surface area contributed by atoms with Crippen LogP contribution in [-0.4, -0.2) is 64.2 Å². The predicted octanol–water partition coefficient (Wildman–Crippen LogP) is 10.9. The van der Waals surface area contributed by atoms with Crippen LogP contribution >= 0.6 is 0 Å². The Morgan fingerprint density at radius 3 is 0.364 bits per heavy atom. The largest absolute Gasteiger partial charge is 0.390 e. The summed E-state index contributed by atoms with van der Waals surface area (Å²) in [7, 11) is 0. The molecule has 0 saturated heterocycles. The first-order valence-corrected chi connectivity index (χ1v) is 29.5. The molecule has 0 aromatic heterocycles. The Kier molecular flexibility index (Phi) is 8.16. The van der Waals surface area contributed by atoms with E-state index in [-0.39, 0.29) is 33.6 Å². The van der Waals surface area contributed by atoms with E-state index in [1.165, 1.54) is 116 Å². The second-order valence-corrected chi connectivity index (χ2v) is 32.8. The molecule has 6 heteroatoms. The van der Waals surface area contributed by atoms with Gasteiger partial charge in [0.05, 0.1) is 33.6 Å². The van der Waals surface area contributed by atoms with Crippen molar-refractivity contribution in [2.75, 3.05) is 0 Å². The summed E-state index contributed by atoms with van der Waals surface area (Å²) in [4.78, 5) is 0. The lowest BCUT2D eigenvalue weighted by Crippen LogP contribution is -2.67. The SMILES string of the molecule is OC12C[C@H]3C[C@@H](C1)CC(C14C[C@@H]5C[C@@H](CC(O)(C5)C1)C4)(C3)C2.OC12C[C@H]3C[C@@H](C1)CC(C14C[C@@H]5C[C@@H](CC(O)(C5)C1)C4)(C3)C2.OC12C[C@H]3C[C@@H](C1)CC(C14C[C@@H]5C[C@@H](CC(O)(C5)C1)C4)(C3)C2. The Morgan fingerprint density at radius 1 is 0.167 bits per heavy atom. The fraction of sp³-hybridized carbons (Fsp3) is 1.00. The molecule has 0 heterocycles. The minimum atomic E-state index is -0.337.